The number of nitrogens with zero attached hydrogens (tertiary/aromatic N) is 1. The Bertz CT molecular complexity index is 548. The Labute approximate surface area is 127 Å². The van der Waals surface area contributed by atoms with Crippen LogP contribution in [0.2, 0.25) is 0 Å². The molecule has 0 N–H and O–H groups in total. The molecule has 0 saturated carbocycles. The third-order valence-electron chi connectivity index (χ3n) is 2.50. The minimum absolute atomic E-state index is 0.227. The summed E-state index contributed by atoms with van der Waals surface area (Å²) >= 11 is 0. The number of ether oxygens (including phenoxy) is 1. The van der Waals surface area contributed by atoms with E-state index < -0.39 is 39.6 Å². The van der Waals surface area contributed by atoms with Crippen molar-refractivity contribution in [2.75, 3.05) is 13.1 Å². The zero-order chi connectivity index (χ0) is 17.2. The van der Waals surface area contributed by atoms with Gasteiger partial charge in [-0.2, -0.15) is 21.6 Å². The molecule has 1 rings (SSSR count). The first-order valence-corrected chi connectivity index (χ1v) is 7.90. The lowest BCUT2D eigenvalue weighted by Crippen LogP contribution is -2.38. The van der Waals surface area contributed by atoms with Crippen LogP contribution in [-0.4, -0.2) is 43.6 Å². The molecule has 1 aliphatic heterocycles. The fourth-order valence-corrected chi connectivity index (χ4v) is 2.10. The van der Waals surface area contributed by atoms with E-state index in [1.54, 1.807) is 20.8 Å². The maximum atomic E-state index is 12.3. The normalized spacial score (nSPS) is 17.5. The minimum atomic E-state index is -5.74. The Morgan fingerprint density at radius 2 is 1.86 bits per heavy atom. The molecule has 0 fully saturated rings. The highest BCUT2D eigenvalue weighted by molar-refractivity contribution is 7.87. The fourth-order valence-electron chi connectivity index (χ4n) is 1.61. The first-order valence-electron chi connectivity index (χ1n) is 6.49. The van der Waals surface area contributed by atoms with Gasteiger partial charge in [0.05, 0.1) is 6.54 Å². The second-order valence-electron chi connectivity index (χ2n) is 5.70. The summed E-state index contributed by atoms with van der Waals surface area (Å²) in [4.78, 5) is 13.0. The number of rotatable bonds is 2. The molecule has 0 unspecified atom stereocenters. The molecule has 0 aliphatic carbocycles. The molecule has 0 aromatic heterocycles. The molecule has 0 aromatic carbocycles. The largest absolute Gasteiger partial charge is 0.534 e. The van der Waals surface area contributed by atoms with Gasteiger partial charge in [-0.15, -0.1) is 0 Å². The molecule has 128 valence electrons. The van der Waals surface area contributed by atoms with Crippen molar-refractivity contribution in [1.29, 1.82) is 0 Å². The molecular formula is C12H18F3NO5S. The topological polar surface area (TPSA) is 72.9 Å². The molecule has 1 amide bonds. The highest BCUT2D eigenvalue weighted by Crippen LogP contribution is 2.27. The van der Waals surface area contributed by atoms with Crippen molar-refractivity contribution >= 4 is 16.2 Å². The second-order valence-corrected chi connectivity index (χ2v) is 7.24. The third kappa shape index (κ3) is 5.39. The van der Waals surface area contributed by atoms with Gasteiger partial charge in [0.15, 0.2) is 0 Å². The maximum absolute atomic E-state index is 12.3. The van der Waals surface area contributed by atoms with E-state index in [2.05, 4.69) is 4.18 Å². The van der Waals surface area contributed by atoms with Crippen molar-refractivity contribution in [3.8, 4) is 0 Å². The average molecular weight is 345 g/mol. The van der Waals surface area contributed by atoms with E-state index >= 15 is 0 Å². The summed E-state index contributed by atoms with van der Waals surface area (Å²) in [7, 11) is -5.74. The molecule has 22 heavy (non-hydrogen) atoms. The van der Waals surface area contributed by atoms with Crippen LogP contribution in [0.15, 0.2) is 11.8 Å². The van der Waals surface area contributed by atoms with E-state index in [0.717, 1.165) is 4.90 Å². The Morgan fingerprint density at radius 3 is 2.36 bits per heavy atom. The van der Waals surface area contributed by atoms with Gasteiger partial charge in [0.25, 0.3) is 0 Å². The summed E-state index contributed by atoms with van der Waals surface area (Å²) in [6.45, 7) is 4.76. The second kappa shape index (κ2) is 6.35. The van der Waals surface area contributed by atoms with E-state index in [-0.39, 0.29) is 6.54 Å². The molecule has 0 bridgehead atoms. The predicted molar refractivity (Wildman–Crippen MR) is 71.2 cm³/mol. The molecule has 0 saturated heterocycles. The van der Waals surface area contributed by atoms with E-state index in [1.807, 2.05) is 0 Å². The Balaban J connectivity index is 2.82. The van der Waals surface area contributed by atoms with Crippen LogP contribution in [0.1, 0.15) is 33.6 Å². The predicted octanol–water partition coefficient (Wildman–Crippen LogP) is 2.77. The lowest BCUT2D eigenvalue weighted by Gasteiger charge is -2.26. The summed E-state index contributed by atoms with van der Waals surface area (Å²) in [6.07, 6.45) is 1.24. The molecule has 0 radical (unpaired) electrons. The first-order chi connectivity index (χ1) is 9.82. The third-order valence-corrected chi connectivity index (χ3v) is 3.50. The molecule has 10 heteroatoms. The zero-order valence-electron chi connectivity index (χ0n) is 12.4. The monoisotopic (exact) mass is 345 g/mol. The van der Waals surface area contributed by atoms with Crippen LogP contribution in [0, 0.1) is 0 Å². The standard InChI is InChI=1S/C12H18F3NO5S/c1-11(2,3)20-10(17)16-7-5-4-6-9(8-16)21-22(18,19)12(13,14)15/h6H,4-5,7-8H2,1-3H3. The number of allylic oxidation sites excluding steroid dienone is 1. The quantitative estimate of drug-likeness (QED) is 0.568. The van der Waals surface area contributed by atoms with Crippen LogP contribution in [0.25, 0.3) is 0 Å². The molecule has 1 aliphatic rings. The molecule has 0 aromatic rings. The van der Waals surface area contributed by atoms with Gasteiger partial charge in [0.1, 0.15) is 11.4 Å². The van der Waals surface area contributed by atoms with Crippen LogP contribution >= 0.6 is 0 Å². The van der Waals surface area contributed by atoms with Gasteiger partial charge in [0.2, 0.25) is 0 Å². The van der Waals surface area contributed by atoms with Crippen molar-refractivity contribution in [3.63, 3.8) is 0 Å². The fraction of sp³-hybridized carbons (Fsp3) is 0.750. The van der Waals surface area contributed by atoms with Crippen LogP contribution < -0.4 is 0 Å². The number of alkyl halides is 3. The molecular weight excluding hydrogens is 327 g/mol. The van der Waals surface area contributed by atoms with Crippen molar-refractivity contribution in [3.05, 3.63) is 11.8 Å². The Morgan fingerprint density at radius 1 is 1.27 bits per heavy atom. The van der Waals surface area contributed by atoms with Crippen LogP contribution in [0.4, 0.5) is 18.0 Å². The Hall–Kier alpha value is -1.45. The van der Waals surface area contributed by atoms with Gasteiger partial charge in [-0.1, -0.05) is 0 Å². The molecule has 6 nitrogen and oxygen atoms in total. The van der Waals surface area contributed by atoms with Gasteiger partial charge >= 0.3 is 21.7 Å². The van der Waals surface area contributed by atoms with E-state index in [0.29, 0.717) is 12.8 Å². The molecule has 0 atom stereocenters. The van der Waals surface area contributed by atoms with Gasteiger partial charge in [-0.3, -0.25) is 0 Å². The van der Waals surface area contributed by atoms with Crippen LogP contribution in [0.3, 0.4) is 0 Å². The maximum Gasteiger partial charge on any atom is 0.534 e. The lowest BCUT2D eigenvalue weighted by molar-refractivity contribution is -0.0524. The first kappa shape index (κ1) is 18.6. The zero-order valence-corrected chi connectivity index (χ0v) is 13.3. The van der Waals surface area contributed by atoms with Crippen LogP contribution in [-0.2, 0) is 19.0 Å². The van der Waals surface area contributed by atoms with Crippen LogP contribution in [0.5, 0.6) is 0 Å². The Kier molecular flexibility index (Phi) is 5.37. The molecule has 1 heterocycles. The number of carbonyl (C=O) groups excluding carboxylic acids is 1. The average Bonchev–Trinajstić information content (AvgIpc) is 2.50. The van der Waals surface area contributed by atoms with Crippen molar-refractivity contribution in [2.45, 2.75) is 44.7 Å². The minimum Gasteiger partial charge on any atom is -0.444 e. The summed E-state index contributed by atoms with van der Waals surface area (Å²) in [6, 6.07) is 0. The van der Waals surface area contributed by atoms with Crippen molar-refractivity contribution < 1.29 is 35.3 Å². The van der Waals surface area contributed by atoms with Crippen molar-refractivity contribution in [1.82, 2.24) is 4.90 Å². The van der Waals surface area contributed by atoms with E-state index in [9.17, 15) is 26.4 Å². The highest BCUT2D eigenvalue weighted by atomic mass is 32.2. The number of amides is 1. The van der Waals surface area contributed by atoms with E-state index in [1.165, 1.54) is 6.08 Å². The van der Waals surface area contributed by atoms with Gasteiger partial charge < -0.3 is 13.8 Å². The number of hydrogen-bond acceptors (Lipinski definition) is 5. The SMILES string of the molecule is CC(C)(C)OC(=O)N1CCCC=C(OS(=O)(=O)C(F)(F)F)C1. The van der Waals surface area contributed by atoms with Gasteiger partial charge in [-0.05, 0) is 39.7 Å². The smallest absolute Gasteiger partial charge is 0.444 e. The molecule has 0 spiro atoms. The number of hydrogen-bond donors (Lipinski definition) is 0. The number of carbonyl (C=O) groups is 1. The summed E-state index contributed by atoms with van der Waals surface area (Å²) in [5.41, 5.74) is -6.29. The number of halogens is 3. The van der Waals surface area contributed by atoms with E-state index in [4.69, 9.17) is 4.74 Å². The summed E-state index contributed by atoms with van der Waals surface area (Å²) in [5, 5.41) is 0. The van der Waals surface area contributed by atoms with Gasteiger partial charge in [-0.25, -0.2) is 4.79 Å². The lowest BCUT2D eigenvalue weighted by atomic mass is 10.2. The highest BCUT2D eigenvalue weighted by Gasteiger charge is 2.49. The van der Waals surface area contributed by atoms with Crippen molar-refractivity contribution in [2.24, 2.45) is 0 Å². The van der Waals surface area contributed by atoms with Gasteiger partial charge in [0, 0.05) is 6.54 Å². The summed E-state index contributed by atoms with van der Waals surface area (Å²) < 4.78 is 68.2. The summed E-state index contributed by atoms with van der Waals surface area (Å²) in [5.74, 6) is -0.444.